The molecule has 3 rings (SSSR count). The van der Waals surface area contributed by atoms with E-state index in [0.717, 1.165) is 5.56 Å². The predicted octanol–water partition coefficient (Wildman–Crippen LogP) is 4.75. The van der Waals surface area contributed by atoms with E-state index < -0.39 is 22.9 Å². The van der Waals surface area contributed by atoms with Crippen LogP contribution in [0.5, 0.6) is 0 Å². The number of amides is 1. The number of benzene rings is 3. The van der Waals surface area contributed by atoms with Crippen molar-refractivity contribution in [3.8, 4) is 0 Å². The Morgan fingerprint density at radius 1 is 0.967 bits per heavy atom. The van der Waals surface area contributed by atoms with Crippen LogP contribution in [0, 0.1) is 24.0 Å². The average molecular weight is 404 g/mol. The van der Waals surface area contributed by atoms with E-state index in [1.54, 1.807) is 42.5 Å². The summed E-state index contributed by atoms with van der Waals surface area (Å²) in [5, 5.41) is 13.7. The normalized spacial score (nSPS) is 11.4. The maximum absolute atomic E-state index is 12.9. The molecule has 0 fully saturated rings. The van der Waals surface area contributed by atoms with Crippen molar-refractivity contribution in [2.75, 3.05) is 5.32 Å². The SMILES string of the molecule is Cc1ccc(NC(=O)[C@H](OC(=O)c2ccc([N+](=O)[O-])c(C)c2)c2ccccc2)cc1. The molecular formula is C23H20N2O5. The Kier molecular flexibility index (Phi) is 6.22. The van der Waals surface area contributed by atoms with Crippen LogP contribution in [0.25, 0.3) is 0 Å². The van der Waals surface area contributed by atoms with E-state index in [1.165, 1.54) is 25.1 Å². The number of hydrogen-bond acceptors (Lipinski definition) is 5. The molecule has 0 saturated carbocycles. The fourth-order valence-corrected chi connectivity index (χ4v) is 2.91. The van der Waals surface area contributed by atoms with Gasteiger partial charge >= 0.3 is 5.97 Å². The molecule has 0 bridgehead atoms. The van der Waals surface area contributed by atoms with Gasteiger partial charge in [0.2, 0.25) is 6.10 Å². The molecule has 0 aliphatic carbocycles. The van der Waals surface area contributed by atoms with Gasteiger partial charge in [0.05, 0.1) is 10.5 Å². The van der Waals surface area contributed by atoms with Crippen LogP contribution in [-0.4, -0.2) is 16.8 Å². The molecule has 7 nitrogen and oxygen atoms in total. The number of aryl methyl sites for hydroxylation is 2. The number of nitro benzene ring substituents is 1. The fourth-order valence-electron chi connectivity index (χ4n) is 2.91. The number of carbonyl (C=O) groups excluding carboxylic acids is 2. The number of nitrogens with zero attached hydrogens (tertiary/aromatic N) is 1. The van der Waals surface area contributed by atoms with Crippen molar-refractivity contribution in [2.24, 2.45) is 0 Å². The Balaban J connectivity index is 1.85. The van der Waals surface area contributed by atoms with Crippen molar-refractivity contribution in [3.05, 3.63) is 105 Å². The number of nitro groups is 1. The number of esters is 1. The van der Waals surface area contributed by atoms with E-state index in [-0.39, 0.29) is 11.3 Å². The van der Waals surface area contributed by atoms with Gasteiger partial charge in [-0.3, -0.25) is 14.9 Å². The number of anilines is 1. The molecule has 0 aliphatic rings. The first-order valence-corrected chi connectivity index (χ1v) is 9.23. The highest BCUT2D eigenvalue weighted by Gasteiger charge is 2.26. The highest BCUT2D eigenvalue weighted by molar-refractivity contribution is 5.98. The van der Waals surface area contributed by atoms with E-state index in [9.17, 15) is 19.7 Å². The van der Waals surface area contributed by atoms with Gasteiger partial charge < -0.3 is 10.1 Å². The maximum Gasteiger partial charge on any atom is 0.339 e. The minimum absolute atomic E-state index is 0.0942. The van der Waals surface area contributed by atoms with E-state index in [1.807, 2.05) is 19.1 Å². The van der Waals surface area contributed by atoms with E-state index in [2.05, 4.69) is 5.32 Å². The van der Waals surface area contributed by atoms with Gasteiger partial charge in [-0.05, 0) is 38.1 Å². The first-order chi connectivity index (χ1) is 14.3. The molecule has 0 saturated heterocycles. The van der Waals surface area contributed by atoms with Crippen molar-refractivity contribution < 1.29 is 19.2 Å². The standard InChI is InChI=1S/C23H20N2O5/c1-15-8-11-19(12-9-15)24-22(26)21(17-6-4-3-5-7-17)30-23(27)18-10-13-20(25(28)29)16(2)14-18/h3-14,21H,1-2H3,(H,24,26)/t21-/m1/s1. The van der Waals surface area contributed by atoms with E-state index in [0.29, 0.717) is 16.8 Å². The van der Waals surface area contributed by atoms with Gasteiger partial charge in [0.1, 0.15) is 0 Å². The third-order valence-electron chi connectivity index (χ3n) is 4.51. The van der Waals surface area contributed by atoms with Gasteiger partial charge in [-0.15, -0.1) is 0 Å². The van der Waals surface area contributed by atoms with Gasteiger partial charge in [0.25, 0.3) is 11.6 Å². The molecule has 1 N–H and O–H groups in total. The second-order valence-electron chi connectivity index (χ2n) is 6.81. The van der Waals surface area contributed by atoms with Crippen LogP contribution in [-0.2, 0) is 9.53 Å². The average Bonchev–Trinajstić information content (AvgIpc) is 2.73. The second kappa shape index (κ2) is 9.00. The number of ether oxygens (including phenoxy) is 1. The molecule has 0 unspecified atom stereocenters. The van der Waals surface area contributed by atoms with Crippen LogP contribution in [0.15, 0.2) is 72.8 Å². The minimum Gasteiger partial charge on any atom is -0.444 e. The zero-order chi connectivity index (χ0) is 21.7. The zero-order valence-electron chi connectivity index (χ0n) is 16.5. The number of nitrogens with one attached hydrogen (secondary N) is 1. The third kappa shape index (κ3) is 4.88. The predicted molar refractivity (Wildman–Crippen MR) is 112 cm³/mol. The van der Waals surface area contributed by atoms with Gasteiger partial charge in [0, 0.05) is 22.9 Å². The Hall–Kier alpha value is -4.00. The molecule has 1 amide bonds. The molecule has 0 aliphatic heterocycles. The summed E-state index contributed by atoms with van der Waals surface area (Å²) in [4.78, 5) is 36.1. The summed E-state index contributed by atoms with van der Waals surface area (Å²) in [6, 6.07) is 19.8. The van der Waals surface area contributed by atoms with Crippen molar-refractivity contribution in [1.29, 1.82) is 0 Å². The summed E-state index contributed by atoms with van der Waals surface area (Å²) in [6.45, 7) is 3.47. The van der Waals surface area contributed by atoms with Crippen LogP contribution in [0.3, 0.4) is 0 Å². The molecule has 0 aromatic heterocycles. The van der Waals surface area contributed by atoms with Crippen LogP contribution in [0.1, 0.15) is 33.2 Å². The number of hydrogen-bond donors (Lipinski definition) is 1. The monoisotopic (exact) mass is 404 g/mol. The lowest BCUT2D eigenvalue weighted by Gasteiger charge is -2.18. The lowest BCUT2D eigenvalue weighted by atomic mass is 10.1. The van der Waals surface area contributed by atoms with Gasteiger partial charge in [0.15, 0.2) is 0 Å². The second-order valence-corrected chi connectivity index (χ2v) is 6.81. The Morgan fingerprint density at radius 3 is 2.23 bits per heavy atom. The summed E-state index contributed by atoms with van der Waals surface area (Å²) in [7, 11) is 0. The van der Waals surface area contributed by atoms with E-state index in [4.69, 9.17) is 4.74 Å². The summed E-state index contributed by atoms with van der Waals surface area (Å²) in [6.07, 6.45) is -1.18. The van der Waals surface area contributed by atoms with Crippen molar-refractivity contribution >= 4 is 23.3 Å². The van der Waals surface area contributed by atoms with E-state index >= 15 is 0 Å². The van der Waals surface area contributed by atoms with Crippen molar-refractivity contribution in [2.45, 2.75) is 20.0 Å². The lowest BCUT2D eigenvalue weighted by Crippen LogP contribution is -2.26. The lowest BCUT2D eigenvalue weighted by molar-refractivity contribution is -0.385. The highest BCUT2D eigenvalue weighted by Crippen LogP contribution is 2.24. The maximum atomic E-state index is 12.9. The van der Waals surface area contributed by atoms with Crippen LogP contribution in [0.2, 0.25) is 0 Å². The molecule has 0 heterocycles. The molecule has 3 aromatic carbocycles. The minimum atomic E-state index is -1.18. The summed E-state index contributed by atoms with van der Waals surface area (Å²) in [5.41, 5.74) is 2.50. The summed E-state index contributed by atoms with van der Waals surface area (Å²) >= 11 is 0. The zero-order valence-corrected chi connectivity index (χ0v) is 16.5. The van der Waals surface area contributed by atoms with Crippen LogP contribution < -0.4 is 5.32 Å². The molecule has 0 radical (unpaired) electrons. The Labute approximate surface area is 173 Å². The molecule has 7 heteroatoms. The quantitative estimate of drug-likeness (QED) is 0.363. The van der Waals surface area contributed by atoms with Crippen molar-refractivity contribution in [3.63, 3.8) is 0 Å². The third-order valence-corrected chi connectivity index (χ3v) is 4.51. The fraction of sp³-hybridized carbons (Fsp3) is 0.130. The van der Waals surface area contributed by atoms with Gasteiger partial charge in [-0.2, -0.15) is 0 Å². The van der Waals surface area contributed by atoms with Gasteiger partial charge in [-0.25, -0.2) is 4.79 Å². The van der Waals surface area contributed by atoms with Crippen LogP contribution in [0.4, 0.5) is 11.4 Å². The number of rotatable bonds is 6. The van der Waals surface area contributed by atoms with Crippen molar-refractivity contribution in [1.82, 2.24) is 0 Å². The van der Waals surface area contributed by atoms with Gasteiger partial charge in [-0.1, -0.05) is 48.0 Å². The molecule has 1 atom stereocenters. The largest absolute Gasteiger partial charge is 0.444 e. The molecule has 0 spiro atoms. The van der Waals surface area contributed by atoms with Crippen LogP contribution >= 0.6 is 0 Å². The smallest absolute Gasteiger partial charge is 0.339 e. The Morgan fingerprint density at radius 2 is 1.63 bits per heavy atom. The summed E-state index contributed by atoms with van der Waals surface area (Å²) < 4.78 is 5.51. The highest BCUT2D eigenvalue weighted by atomic mass is 16.6. The topological polar surface area (TPSA) is 98.5 Å². The molecule has 3 aromatic rings. The number of carbonyl (C=O) groups is 2. The molecule has 152 valence electrons. The first kappa shape index (κ1) is 20.7. The summed E-state index contributed by atoms with van der Waals surface area (Å²) in [5.74, 6) is -1.25. The molecular weight excluding hydrogens is 384 g/mol. The first-order valence-electron chi connectivity index (χ1n) is 9.23. The molecule has 30 heavy (non-hydrogen) atoms. The Bertz CT molecular complexity index is 1080.